The second-order valence-corrected chi connectivity index (χ2v) is 10.7. The lowest BCUT2D eigenvalue weighted by molar-refractivity contribution is 0.0600. The zero-order chi connectivity index (χ0) is 24.0. The Bertz CT molecular complexity index is 975. The summed E-state index contributed by atoms with van der Waals surface area (Å²) in [6.45, 7) is 0. The van der Waals surface area contributed by atoms with Crippen LogP contribution in [0.5, 0.6) is 0 Å². The molecule has 0 saturated heterocycles. The second-order valence-electron chi connectivity index (χ2n) is 9.82. The van der Waals surface area contributed by atoms with Crippen LogP contribution in [0.25, 0.3) is 0 Å². The van der Waals surface area contributed by atoms with Crippen molar-refractivity contribution < 1.29 is 14.3 Å². The standard InChI is InChI=1S/C28H36N2O3S/c1-33-26(31)22-11-9-20(10-12-22)25(21-13-17-28(18-14-21)15-4-3-5-16-28)30-27(32)29-23-7-6-8-24(19-23)34-2/h6-12,19,21,25H,3-5,13-18H2,1-2H3,(H2,29,30,32). The molecule has 2 N–H and O–H groups in total. The summed E-state index contributed by atoms with van der Waals surface area (Å²) in [7, 11) is 1.39. The highest BCUT2D eigenvalue weighted by atomic mass is 32.2. The minimum Gasteiger partial charge on any atom is -0.465 e. The summed E-state index contributed by atoms with van der Waals surface area (Å²) in [5, 5.41) is 6.28. The van der Waals surface area contributed by atoms with Crippen molar-refractivity contribution in [2.75, 3.05) is 18.7 Å². The van der Waals surface area contributed by atoms with E-state index in [0.29, 0.717) is 16.9 Å². The van der Waals surface area contributed by atoms with Gasteiger partial charge in [0, 0.05) is 10.6 Å². The van der Waals surface area contributed by atoms with Crippen molar-refractivity contribution in [3.63, 3.8) is 0 Å². The number of nitrogens with one attached hydrogen (secondary N) is 2. The van der Waals surface area contributed by atoms with E-state index in [4.69, 9.17) is 4.74 Å². The minimum absolute atomic E-state index is 0.101. The minimum atomic E-state index is -0.348. The molecule has 0 radical (unpaired) electrons. The first-order valence-electron chi connectivity index (χ1n) is 12.4. The highest BCUT2D eigenvalue weighted by Crippen LogP contribution is 2.50. The molecule has 0 aliphatic heterocycles. The monoisotopic (exact) mass is 480 g/mol. The molecule has 2 amide bonds. The summed E-state index contributed by atoms with van der Waals surface area (Å²) in [5.74, 6) is 0.0270. The smallest absolute Gasteiger partial charge is 0.337 e. The fourth-order valence-corrected chi connectivity index (χ4v) is 6.27. The fraction of sp³-hybridized carbons (Fsp3) is 0.500. The van der Waals surface area contributed by atoms with Crippen LogP contribution in [-0.2, 0) is 4.74 Å². The van der Waals surface area contributed by atoms with Crippen LogP contribution < -0.4 is 10.6 Å². The number of thioether (sulfide) groups is 1. The fourth-order valence-electron chi connectivity index (χ4n) is 5.81. The van der Waals surface area contributed by atoms with E-state index in [1.54, 1.807) is 23.9 Å². The molecular weight excluding hydrogens is 444 g/mol. The van der Waals surface area contributed by atoms with Crippen molar-refractivity contribution in [2.45, 2.75) is 68.7 Å². The van der Waals surface area contributed by atoms with Gasteiger partial charge in [-0.1, -0.05) is 37.5 Å². The van der Waals surface area contributed by atoms with E-state index < -0.39 is 0 Å². The van der Waals surface area contributed by atoms with Crippen molar-refractivity contribution >= 4 is 29.4 Å². The topological polar surface area (TPSA) is 67.4 Å². The van der Waals surface area contributed by atoms with Crippen LogP contribution in [0.4, 0.5) is 10.5 Å². The number of carbonyl (C=O) groups excluding carboxylic acids is 2. The van der Waals surface area contributed by atoms with Crippen molar-refractivity contribution in [1.29, 1.82) is 0 Å². The van der Waals surface area contributed by atoms with Crippen LogP contribution in [0.3, 0.4) is 0 Å². The molecule has 1 atom stereocenters. The van der Waals surface area contributed by atoms with Gasteiger partial charge in [0.1, 0.15) is 0 Å². The highest BCUT2D eigenvalue weighted by Gasteiger charge is 2.39. The first-order valence-corrected chi connectivity index (χ1v) is 13.6. The molecule has 0 bridgehead atoms. The van der Waals surface area contributed by atoms with Gasteiger partial charge < -0.3 is 15.4 Å². The maximum absolute atomic E-state index is 13.1. The van der Waals surface area contributed by atoms with Gasteiger partial charge in [0.15, 0.2) is 0 Å². The van der Waals surface area contributed by atoms with Gasteiger partial charge in [-0.25, -0.2) is 9.59 Å². The average Bonchev–Trinajstić information content (AvgIpc) is 2.88. The summed E-state index contributed by atoms with van der Waals surface area (Å²) in [6, 6.07) is 15.1. The number of hydrogen-bond acceptors (Lipinski definition) is 4. The van der Waals surface area contributed by atoms with E-state index in [9.17, 15) is 9.59 Å². The average molecular weight is 481 g/mol. The number of ether oxygens (including phenoxy) is 1. The third kappa shape index (κ3) is 5.96. The van der Waals surface area contributed by atoms with Crippen LogP contribution in [0.2, 0.25) is 0 Å². The van der Waals surface area contributed by atoms with Gasteiger partial charge >= 0.3 is 12.0 Å². The first-order chi connectivity index (χ1) is 16.5. The first kappa shape index (κ1) is 24.6. The Morgan fingerprint density at radius 2 is 1.71 bits per heavy atom. The van der Waals surface area contributed by atoms with Crippen molar-refractivity contribution in [3.05, 3.63) is 59.7 Å². The molecule has 0 aromatic heterocycles. The quantitative estimate of drug-likeness (QED) is 0.339. The van der Waals surface area contributed by atoms with Crippen LogP contribution in [0.15, 0.2) is 53.4 Å². The molecule has 0 heterocycles. The van der Waals surface area contributed by atoms with E-state index in [0.717, 1.165) is 29.0 Å². The Morgan fingerprint density at radius 3 is 2.35 bits per heavy atom. The van der Waals surface area contributed by atoms with Crippen LogP contribution >= 0.6 is 11.8 Å². The van der Waals surface area contributed by atoms with E-state index in [1.165, 1.54) is 52.1 Å². The van der Waals surface area contributed by atoms with Gasteiger partial charge in [-0.2, -0.15) is 0 Å². The lowest BCUT2D eigenvalue weighted by atomic mass is 9.62. The van der Waals surface area contributed by atoms with Crippen molar-refractivity contribution in [2.24, 2.45) is 11.3 Å². The van der Waals surface area contributed by atoms with Gasteiger partial charge in [0.05, 0.1) is 18.7 Å². The van der Waals surface area contributed by atoms with E-state index >= 15 is 0 Å². The molecule has 2 aromatic rings. The largest absolute Gasteiger partial charge is 0.465 e. The number of methoxy groups -OCH3 is 1. The summed E-state index contributed by atoms with van der Waals surface area (Å²) in [5.41, 5.74) is 2.86. The molecule has 4 rings (SSSR count). The van der Waals surface area contributed by atoms with E-state index in [2.05, 4.69) is 10.6 Å². The number of carbonyl (C=O) groups is 2. The number of anilines is 1. The molecule has 2 aromatic carbocycles. The summed E-state index contributed by atoms with van der Waals surface area (Å²) in [4.78, 5) is 26.1. The molecule has 1 spiro atoms. The zero-order valence-electron chi connectivity index (χ0n) is 20.3. The molecule has 6 heteroatoms. The van der Waals surface area contributed by atoms with E-state index in [-0.39, 0.29) is 18.0 Å². The predicted octanol–water partition coefficient (Wildman–Crippen LogP) is 7.20. The van der Waals surface area contributed by atoms with Gasteiger partial charge in [0.25, 0.3) is 0 Å². The Kier molecular flexibility index (Phi) is 8.19. The SMILES string of the molecule is COC(=O)c1ccc(C(NC(=O)Nc2cccc(SC)c2)C2CCC3(CCCCC3)CC2)cc1. The molecule has 34 heavy (non-hydrogen) atoms. The summed E-state index contributed by atoms with van der Waals surface area (Å²) in [6.07, 6.45) is 13.6. The molecule has 182 valence electrons. The highest BCUT2D eigenvalue weighted by molar-refractivity contribution is 7.98. The molecule has 2 aliphatic rings. The van der Waals surface area contributed by atoms with Crippen molar-refractivity contribution in [3.8, 4) is 0 Å². The molecule has 5 nitrogen and oxygen atoms in total. The maximum atomic E-state index is 13.1. The molecular formula is C28H36N2O3S. The van der Waals surface area contributed by atoms with Gasteiger partial charge in [-0.05, 0) is 92.0 Å². The summed E-state index contributed by atoms with van der Waals surface area (Å²) < 4.78 is 4.85. The number of urea groups is 1. The van der Waals surface area contributed by atoms with Crippen molar-refractivity contribution in [1.82, 2.24) is 5.32 Å². The van der Waals surface area contributed by atoms with Crippen LogP contribution in [-0.4, -0.2) is 25.4 Å². The molecule has 2 saturated carbocycles. The van der Waals surface area contributed by atoms with Crippen LogP contribution in [0.1, 0.15) is 79.8 Å². The lowest BCUT2D eigenvalue weighted by Crippen LogP contribution is -2.39. The van der Waals surface area contributed by atoms with Gasteiger partial charge in [-0.3, -0.25) is 0 Å². The number of hydrogen-bond donors (Lipinski definition) is 2. The molecule has 2 aliphatic carbocycles. The number of esters is 1. The Morgan fingerprint density at radius 1 is 1.00 bits per heavy atom. The number of benzene rings is 2. The van der Waals surface area contributed by atoms with Gasteiger partial charge in [0.2, 0.25) is 0 Å². The Hall–Kier alpha value is -2.47. The lowest BCUT2D eigenvalue weighted by Gasteiger charge is -2.45. The maximum Gasteiger partial charge on any atom is 0.337 e. The normalized spacial score (nSPS) is 18.8. The zero-order valence-corrected chi connectivity index (χ0v) is 21.1. The Balaban J connectivity index is 1.50. The second kappa shape index (κ2) is 11.3. The molecule has 1 unspecified atom stereocenters. The summed E-state index contributed by atoms with van der Waals surface area (Å²) >= 11 is 1.65. The van der Waals surface area contributed by atoms with Crippen LogP contribution in [0, 0.1) is 11.3 Å². The number of rotatable bonds is 6. The third-order valence-electron chi connectivity index (χ3n) is 7.78. The predicted molar refractivity (Wildman–Crippen MR) is 138 cm³/mol. The van der Waals surface area contributed by atoms with Gasteiger partial charge in [-0.15, -0.1) is 11.8 Å². The molecule has 2 fully saturated rings. The third-order valence-corrected chi connectivity index (χ3v) is 8.51. The van der Waals surface area contributed by atoms with E-state index in [1.807, 2.05) is 42.7 Å². The Labute approximate surface area is 207 Å². The number of amides is 2.